The Hall–Kier alpha value is -2.22. The van der Waals surface area contributed by atoms with Crippen molar-refractivity contribution >= 4 is 22.8 Å². The molecule has 0 N–H and O–H groups in total. The van der Waals surface area contributed by atoms with Crippen molar-refractivity contribution in [3.63, 3.8) is 0 Å². The van der Waals surface area contributed by atoms with Gasteiger partial charge in [-0.2, -0.15) is 0 Å². The van der Waals surface area contributed by atoms with Gasteiger partial charge >= 0.3 is 259 Å². The third-order valence-electron chi connectivity index (χ3n) is 8.77. The largest absolute Gasteiger partial charge is 1.00 e. The van der Waals surface area contributed by atoms with E-state index >= 15 is 0 Å². The minimum absolute atomic E-state index is 0. The first-order chi connectivity index (χ1) is 19.8. The summed E-state index contributed by atoms with van der Waals surface area (Å²) < 4.78 is 0.675. The van der Waals surface area contributed by atoms with E-state index in [1.165, 1.54) is 44.2 Å². The minimum atomic E-state index is -0.631. The van der Waals surface area contributed by atoms with Crippen LogP contribution in [-0.2, 0) is 22.4 Å². The third kappa shape index (κ3) is 5.82. The van der Waals surface area contributed by atoms with Gasteiger partial charge in [-0.15, -0.1) is 0 Å². The summed E-state index contributed by atoms with van der Waals surface area (Å²) >= 11 is -0.567. The summed E-state index contributed by atoms with van der Waals surface area (Å²) in [5.41, 5.74) is 15.3. The monoisotopic (exact) mass is 694 g/mol. The number of halogens is 2. The van der Waals surface area contributed by atoms with Crippen molar-refractivity contribution in [2.75, 3.05) is 0 Å². The first-order valence-electron chi connectivity index (χ1n) is 15.1. The Morgan fingerprint density at radius 1 is 0.628 bits per heavy atom. The summed E-state index contributed by atoms with van der Waals surface area (Å²) in [6.45, 7) is 12.4. The molecule has 0 amide bonds. The third-order valence-corrected chi connectivity index (χ3v) is 18.6. The smallest absolute Gasteiger partial charge is 1.00 e. The molecule has 0 nitrogen and oxygen atoms in total. The van der Waals surface area contributed by atoms with E-state index in [1.54, 1.807) is 22.3 Å². The van der Waals surface area contributed by atoms with E-state index in [9.17, 15) is 0 Å². The Morgan fingerprint density at radius 3 is 1.98 bits per heavy atom. The Balaban J connectivity index is 0.00000184. The number of hydrogen-bond acceptors (Lipinski definition) is 0. The van der Waals surface area contributed by atoms with E-state index in [0.717, 1.165) is 6.42 Å². The maximum Gasteiger partial charge on any atom is -1.00 e. The van der Waals surface area contributed by atoms with Crippen LogP contribution in [0.1, 0.15) is 64.6 Å². The first kappa shape index (κ1) is 32.2. The molecule has 0 aliphatic heterocycles. The van der Waals surface area contributed by atoms with Gasteiger partial charge in [0.1, 0.15) is 0 Å². The van der Waals surface area contributed by atoms with Crippen molar-refractivity contribution in [2.24, 2.45) is 5.41 Å². The van der Waals surface area contributed by atoms with Crippen molar-refractivity contribution < 1.29 is 47.2 Å². The fourth-order valence-electron chi connectivity index (χ4n) is 7.34. The van der Waals surface area contributed by atoms with E-state index in [4.69, 9.17) is 0 Å². The molecule has 0 spiro atoms. The van der Waals surface area contributed by atoms with Gasteiger partial charge in [0.15, 0.2) is 0 Å². The molecule has 2 aliphatic rings. The molecule has 0 heterocycles. The van der Waals surface area contributed by atoms with Crippen molar-refractivity contribution in [3.05, 3.63) is 137 Å². The topological polar surface area (TPSA) is 0 Å². The molecule has 43 heavy (non-hydrogen) atoms. The van der Waals surface area contributed by atoms with E-state index in [1.807, 2.05) is 0 Å². The van der Waals surface area contributed by atoms with Crippen LogP contribution in [0.3, 0.4) is 0 Å². The normalized spacial score (nSPS) is 16.5. The van der Waals surface area contributed by atoms with E-state index < -0.39 is 28.3 Å². The van der Waals surface area contributed by atoms with Gasteiger partial charge < -0.3 is 24.8 Å². The predicted molar refractivity (Wildman–Crippen MR) is 176 cm³/mol. The summed E-state index contributed by atoms with van der Waals surface area (Å²) in [4.78, 5) is 0. The molecule has 2 aliphatic carbocycles. The molecular formula is C39H38Cl2SiZr. The van der Waals surface area contributed by atoms with Crippen LogP contribution in [0, 0.1) is 5.41 Å². The fraction of sp³-hybridized carbons (Fsp3) is 0.231. The van der Waals surface area contributed by atoms with Gasteiger partial charge in [-0.1, -0.05) is 0 Å². The number of benzene rings is 5. The van der Waals surface area contributed by atoms with Crippen LogP contribution in [0.25, 0.3) is 39.1 Å². The van der Waals surface area contributed by atoms with Gasteiger partial charge in [-0.25, -0.2) is 0 Å². The molecule has 0 aromatic heterocycles. The van der Waals surface area contributed by atoms with Crippen molar-refractivity contribution in [3.8, 4) is 22.3 Å². The molecule has 0 saturated heterocycles. The average molecular weight is 697 g/mol. The molecule has 216 valence electrons. The SMILES string of the molecule is C[SiH](C)[Zr+2][CH]1c2ccccc2-c2cccc(C3C(CC(C)(C)C)=Cc4c(-c5cccc6ccccc56)cccc43)c21.[Cl-].[Cl-]. The van der Waals surface area contributed by atoms with Crippen molar-refractivity contribution in [1.82, 2.24) is 0 Å². The van der Waals surface area contributed by atoms with E-state index in [0.29, 0.717) is 9.54 Å². The molecule has 7 rings (SSSR count). The zero-order valence-electron chi connectivity index (χ0n) is 25.6. The number of allylic oxidation sites excluding steroid dienone is 1. The average Bonchev–Trinajstić information content (AvgIpc) is 3.47. The second-order valence-electron chi connectivity index (χ2n) is 13.4. The quantitative estimate of drug-likeness (QED) is 0.236. The van der Waals surface area contributed by atoms with Crippen molar-refractivity contribution in [1.29, 1.82) is 0 Å². The van der Waals surface area contributed by atoms with Crippen LogP contribution in [0.15, 0.2) is 109 Å². The molecule has 5 aromatic carbocycles. The summed E-state index contributed by atoms with van der Waals surface area (Å²) in [7, 11) is 0. The Kier molecular flexibility index (Phi) is 9.46. The number of hydrogen-bond donors (Lipinski definition) is 0. The number of fused-ring (bicyclic) bond motifs is 5. The summed E-state index contributed by atoms with van der Waals surface area (Å²) in [5.74, 6) is -0.313. The molecule has 0 fully saturated rings. The van der Waals surface area contributed by atoms with Gasteiger partial charge in [0.2, 0.25) is 0 Å². The van der Waals surface area contributed by atoms with Gasteiger partial charge in [0, 0.05) is 0 Å². The Morgan fingerprint density at radius 2 is 1.21 bits per heavy atom. The molecule has 0 bridgehead atoms. The summed E-state index contributed by atoms with van der Waals surface area (Å²) in [5, 5.41) is 2.64. The van der Waals surface area contributed by atoms with Gasteiger partial charge in [0.25, 0.3) is 0 Å². The summed E-state index contributed by atoms with van der Waals surface area (Å²) in [6, 6.07) is 39.3. The Labute approximate surface area is 282 Å². The van der Waals surface area contributed by atoms with Crippen LogP contribution in [0.5, 0.6) is 0 Å². The fourth-order valence-corrected chi connectivity index (χ4v) is 17.2. The van der Waals surface area contributed by atoms with Crippen LogP contribution in [-0.4, -0.2) is 5.92 Å². The Bertz CT molecular complexity index is 1830. The van der Waals surface area contributed by atoms with Crippen LogP contribution in [0.2, 0.25) is 13.1 Å². The zero-order chi connectivity index (χ0) is 28.3. The molecular weight excluding hydrogens is 659 g/mol. The van der Waals surface area contributed by atoms with Gasteiger partial charge in [-0.05, 0) is 0 Å². The molecule has 0 saturated carbocycles. The number of rotatable bonds is 5. The second-order valence-corrected chi connectivity index (χ2v) is 28.4. The van der Waals surface area contributed by atoms with Crippen molar-refractivity contribution in [2.45, 2.75) is 49.8 Å². The maximum atomic E-state index is 2.58. The predicted octanol–water partition coefficient (Wildman–Crippen LogP) is 4.62. The molecule has 0 radical (unpaired) electrons. The molecule has 2 unspecified atom stereocenters. The standard InChI is InChI=1S/C37H31.C2H7Si.2ClH.Zr/c1-37(2,3)23-26-22-35-31(29-16-8-13-24-11-4-6-14-27(24)29)18-10-20-33(35)36(26)32-19-9-17-30-28-15-7-5-12-25(28)21-34(30)32;1-3-2;;;/h4-22,36H,23H2,1-3H3;3H,1-2H3;2*1H;/q;;;;+2/p-2. The summed E-state index contributed by atoms with van der Waals surface area (Å²) in [6.07, 6.45) is 3.68. The van der Waals surface area contributed by atoms with Gasteiger partial charge in [-0.3, -0.25) is 0 Å². The zero-order valence-corrected chi connectivity index (χ0v) is 30.7. The minimum Gasteiger partial charge on any atom is -1.00 e. The molecule has 4 heteroatoms. The second kappa shape index (κ2) is 12.6. The van der Waals surface area contributed by atoms with Gasteiger partial charge in [0.05, 0.1) is 0 Å². The van der Waals surface area contributed by atoms with E-state index in [2.05, 4.69) is 143 Å². The van der Waals surface area contributed by atoms with Crippen LogP contribution < -0.4 is 24.8 Å². The maximum absolute atomic E-state index is 2.58. The van der Waals surface area contributed by atoms with E-state index in [-0.39, 0.29) is 30.2 Å². The first-order valence-corrected chi connectivity index (χ1v) is 23.7. The van der Waals surface area contributed by atoms with Crippen LogP contribution in [0.4, 0.5) is 0 Å². The van der Waals surface area contributed by atoms with Crippen LogP contribution >= 0.6 is 0 Å². The molecule has 5 aromatic rings. The molecule has 2 atom stereocenters.